The van der Waals surface area contributed by atoms with Crippen LogP contribution >= 0.6 is 0 Å². The van der Waals surface area contributed by atoms with Crippen molar-refractivity contribution in [3.05, 3.63) is 47.4 Å². The van der Waals surface area contributed by atoms with Crippen LogP contribution in [-0.2, 0) is 18.6 Å². The van der Waals surface area contributed by atoms with E-state index in [-0.39, 0.29) is 5.82 Å². The van der Waals surface area contributed by atoms with E-state index in [4.69, 9.17) is 10.3 Å². The molecule has 0 aliphatic carbocycles. The SMILES string of the molecule is CN(Cc1ccc(F)cc1)Cc1nc(C(C)(C)N)no1. The van der Waals surface area contributed by atoms with E-state index in [1.807, 2.05) is 25.8 Å². The van der Waals surface area contributed by atoms with Crippen molar-refractivity contribution in [1.29, 1.82) is 0 Å². The van der Waals surface area contributed by atoms with Crippen LogP contribution < -0.4 is 5.73 Å². The quantitative estimate of drug-likeness (QED) is 0.906. The normalized spacial score (nSPS) is 12.1. The minimum atomic E-state index is -0.614. The van der Waals surface area contributed by atoms with Gasteiger partial charge in [0.2, 0.25) is 5.89 Å². The number of aromatic nitrogens is 2. The Bertz CT molecular complexity index is 559. The summed E-state index contributed by atoms with van der Waals surface area (Å²) in [5, 5.41) is 3.87. The summed E-state index contributed by atoms with van der Waals surface area (Å²) < 4.78 is 18.0. The van der Waals surface area contributed by atoms with Crippen LogP contribution in [0.2, 0.25) is 0 Å². The fourth-order valence-electron chi connectivity index (χ4n) is 1.77. The molecule has 1 aromatic heterocycles. The van der Waals surface area contributed by atoms with Crippen molar-refractivity contribution in [3.8, 4) is 0 Å². The lowest BCUT2D eigenvalue weighted by Gasteiger charge is -2.14. The Kier molecular flexibility index (Phi) is 4.15. The molecule has 6 heteroatoms. The maximum Gasteiger partial charge on any atom is 0.240 e. The average molecular weight is 278 g/mol. The lowest BCUT2D eigenvalue weighted by Crippen LogP contribution is -2.30. The van der Waals surface area contributed by atoms with Gasteiger partial charge in [0, 0.05) is 6.54 Å². The fraction of sp³-hybridized carbons (Fsp3) is 0.429. The number of nitrogens with zero attached hydrogens (tertiary/aromatic N) is 3. The molecule has 0 saturated carbocycles. The third kappa shape index (κ3) is 3.85. The Morgan fingerprint density at radius 1 is 1.25 bits per heavy atom. The second-order valence-corrected chi connectivity index (χ2v) is 5.53. The van der Waals surface area contributed by atoms with E-state index in [1.165, 1.54) is 12.1 Å². The van der Waals surface area contributed by atoms with Gasteiger partial charge in [0.05, 0.1) is 12.1 Å². The lowest BCUT2D eigenvalue weighted by molar-refractivity contribution is 0.259. The molecule has 0 unspecified atom stereocenters. The summed E-state index contributed by atoms with van der Waals surface area (Å²) in [7, 11) is 1.93. The lowest BCUT2D eigenvalue weighted by atomic mass is 10.1. The van der Waals surface area contributed by atoms with E-state index >= 15 is 0 Å². The molecule has 0 spiro atoms. The average Bonchev–Trinajstić information content (AvgIpc) is 2.80. The Morgan fingerprint density at radius 3 is 2.45 bits per heavy atom. The summed E-state index contributed by atoms with van der Waals surface area (Å²) in [4.78, 5) is 6.28. The summed E-state index contributed by atoms with van der Waals surface area (Å²) in [5.41, 5.74) is 6.31. The molecule has 0 aliphatic heterocycles. The largest absolute Gasteiger partial charge is 0.338 e. The van der Waals surface area contributed by atoms with E-state index in [2.05, 4.69) is 10.1 Å². The Morgan fingerprint density at radius 2 is 1.90 bits per heavy atom. The zero-order valence-electron chi connectivity index (χ0n) is 11.9. The van der Waals surface area contributed by atoms with Crippen LogP contribution in [0.25, 0.3) is 0 Å². The summed E-state index contributed by atoms with van der Waals surface area (Å²) in [5.74, 6) is 0.772. The maximum atomic E-state index is 12.8. The summed E-state index contributed by atoms with van der Waals surface area (Å²) in [6, 6.07) is 6.41. The van der Waals surface area contributed by atoms with Crippen molar-refractivity contribution in [2.24, 2.45) is 5.73 Å². The highest BCUT2D eigenvalue weighted by Gasteiger charge is 2.21. The van der Waals surface area contributed by atoms with Crippen molar-refractivity contribution < 1.29 is 8.91 Å². The van der Waals surface area contributed by atoms with Crippen molar-refractivity contribution in [2.75, 3.05) is 7.05 Å². The number of hydrogen-bond acceptors (Lipinski definition) is 5. The van der Waals surface area contributed by atoms with Gasteiger partial charge in [-0.15, -0.1) is 0 Å². The summed E-state index contributed by atoms with van der Waals surface area (Å²) in [6.45, 7) is 4.83. The molecule has 20 heavy (non-hydrogen) atoms. The van der Waals surface area contributed by atoms with E-state index in [9.17, 15) is 4.39 Å². The second-order valence-electron chi connectivity index (χ2n) is 5.53. The standard InChI is InChI=1S/C14H19FN4O/c1-14(2,16)13-17-12(20-18-13)9-19(3)8-10-4-6-11(15)7-5-10/h4-7H,8-9,16H2,1-3H3. The van der Waals surface area contributed by atoms with Gasteiger partial charge >= 0.3 is 0 Å². The molecule has 0 amide bonds. The van der Waals surface area contributed by atoms with Gasteiger partial charge in [-0.3, -0.25) is 4.90 Å². The maximum absolute atomic E-state index is 12.8. The Balaban J connectivity index is 1.96. The molecule has 5 nitrogen and oxygen atoms in total. The fourth-order valence-corrected chi connectivity index (χ4v) is 1.77. The first-order valence-electron chi connectivity index (χ1n) is 6.39. The van der Waals surface area contributed by atoms with E-state index in [0.717, 1.165) is 5.56 Å². The third-order valence-corrected chi connectivity index (χ3v) is 2.82. The van der Waals surface area contributed by atoms with Crippen LogP contribution in [0.5, 0.6) is 0 Å². The highest BCUT2D eigenvalue weighted by Crippen LogP contribution is 2.14. The minimum absolute atomic E-state index is 0.233. The molecule has 0 saturated heterocycles. The smallest absolute Gasteiger partial charge is 0.240 e. The third-order valence-electron chi connectivity index (χ3n) is 2.82. The molecular weight excluding hydrogens is 259 g/mol. The van der Waals surface area contributed by atoms with Gasteiger partial charge in [0.1, 0.15) is 5.82 Å². The van der Waals surface area contributed by atoms with E-state index in [1.54, 1.807) is 12.1 Å². The van der Waals surface area contributed by atoms with Crippen molar-refractivity contribution >= 4 is 0 Å². The number of halogens is 1. The molecule has 2 rings (SSSR count). The molecule has 0 atom stereocenters. The van der Waals surface area contributed by atoms with Gasteiger partial charge in [-0.25, -0.2) is 4.39 Å². The highest BCUT2D eigenvalue weighted by atomic mass is 19.1. The molecule has 2 aromatic rings. The molecule has 108 valence electrons. The first kappa shape index (κ1) is 14.6. The van der Waals surface area contributed by atoms with Crippen LogP contribution in [0.15, 0.2) is 28.8 Å². The van der Waals surface area contributed by atoms with Crippen molar-refractivity contribution in [1.82, 2.24) is 15.0 Å². The van der Waals surface area contributed by atoms with Crippen LogP contribution in [-0.4, -0.2) is 22.1 Å². The van der Waals surface area contributed by atoms with Gasteiger partial charge < -0.3 is 10.3 Å². The van der Waals surface area contributed by atoms with E-state index in [0.29, 0.717) is 24.8 Å². The second kappa shape index (κ2) is 5.68. The molecule has 0 bridgehead atoms. The molecule has 1 aromatic carbocycles. The molecule has 0 aliphatic rings. The van der Waals surface area contributed by atoms with Gasteiger partial charge in [-0.05, 0) is 38.6 Å². The zero-order valence-corrected chi connectivity index (χ0v) is 11.9. The molecule has 1 heterocycles. The summed E-state index contributed by atoms with van der Waals surface area (Å²) >= 11 is 0. The summed E-state index contributed by atoms with van der Waals surface area (Å²) in [6.07, 6.45) is 0. The van der Waals surface area contributed by atoms with Crippen molar-refractivity contribution in [3.63, 3.8) is 0 Å². The predicted octanol–water partition coefficient (Wildman–Crippen LogP) is 2.03. The topological polar surface area (TPSA) is 68.2 Å². The zero-order chi connectivity index (χ0) is 14.8. The van der Waals surface area contributed by atoms with Gasteiger partial charge in [0.25, 0.3) is 0 Å². The van der Waals surface area contributed by atoms with Crippen LogP contribution in [0.3, 0.4) is 0 Å². The molecule has 0 fully saturated rings. The number of rotatable bonds is 5. The van der Waals surface area contributed by atoms with Gasteiger partial charge in [-0.1, -0.05) is 17.3 Å². The van der Waals surface area contributed by atoms with Crippen LogP contribution in [0.1, 0.15) is 31.1 Å². The first-order chi connectivity index (χ1) is 9.34. The van der Waals surface area contributed by atoms with E-state index < -0.39 is 5.54 Å². The highest BCUT2D eigenvalue weighted by molar-refractivity contribution is 5.15. The number of benzene rings is 1. The van der Waals surface area contributed by atoms with Gasteiger partial charge in [0.15, 0.2) is 5.82 Å². The van der Waals surface area contributed by atoms with Crippen LogP contribution in [0.4, 0.5) is 4.39 Å². The molecule has 2 N–H and O–H groups in total. The van der Waals surface area contributed by atoms with Crippen molar-refractivity contribution in [2.45, 2.75) is 32.5 Å². The predicted molar refractivity (Wildman–Crippen MR) is 73.1 cm³/mol. The first-order valence-corrected chi connectivity index (χ1v) is 6.39. The Hall–Kier alpha value is -1.79. The minimum Gasteiger partial charge on any atom is -0.338 e. The number of hydrogen-bond donors (Lipinski definition) is 1. The monoisotopic (exact) mass is 278 g/mol. The number of nitrogens with two attached hydrogens (primary N) is 1. The van der Waals surface area contributed by atoms with Crippen LogP contribution in [0, 0.1) is 5.82 Å². The Labute approximate surface area is 117 Å². The molecular formula is C14H19FN4O. The molecule has 0 radical (unpaired) electrons. The van der Waals surface area contributed by atoms with Gasteiger partial charge in [-0.2, -0.15) is 4.98 Å².